The van der Waals surface area contributed by atoms with Crippen molar-refractivity contribution in [1.29, 1.82) is 0 Å². The number of carbonyl (C=O) groups is 3. The van der Waals surface area contributed by atoms with Gasteiger partial charge in [-0.3, -0.25) is 14.9 Å². The van der Waals surface area contributed by atoms with Gasteiger partial charge in [0.15, 0.2) is 0 Å². The van der Waals surface area contributed by atoms with Crippen LogP contribution in [0.2, 0.25) is 0 Å². The van der Waals surface area contributed by atoms with Gasteiger partial charge in [0, 0.05) is 12.5 Å². The highest BCUT2D eigenvalue weighted by Gasteiger charge is 2.58. The number of ether oxygens (including phenoxy) is 1. The Hall–Kier alpha value is -3.56. The van der Waals surface area contributed by atoms with Crippen molar-refractivity contribution in [2.75, 3.05) is 13.2 Å². The fourth-order valence-corrected chi connectivity index (χ4v) is 4.08. The van der Waals surface area contributed by atoms with E-state index in [-0.39, 0.29) is 12.5 Å². The van der Waals surface area contributed by atoms with Gasteiger partial charge in [-0.25, -0.2) is 4.79 Å². The summed E-state index contributed by atoms with van der Waals surface area (Å²) >= 11 is 0. The van der Waals surface area contributed by atoms with Crippen molar-refractivity contribution in [3.8, 4) is 11.1 Å². The number of carbonyl (C=O) groups excluding carboxylic acids is 2. The maximum absolute atomic E-state index is 13.8. The average Bonchev–Trinajstić information content (AvgIpc) is 3.10. The molecule has 188 valence electrons. The third kappa shape index (κ3) is 5.26. The number of alkyl carbamates (subject to hydrolysis) is 1. The van der Waals surface area contributed by atoms with E-state index in [1.165, 1.54) is 0 Å². The molecule has 2 amide bonds. The molecule has 0 aliphatic heterocycles. The molecular weight excluding hydrogens is 465 g/mol. The molecule has 10 heteroatoms. The first kappa shape index (κ1) is 26.1. The minimum absolute atomic E-state index is 0.232. The topological polar surface area (TPSA) is 105 Å². The van der Waals surface area contributed by atoms with Crippen LogP contribution < -0.4 is 10.6 Å². The quantitative estimate of drug-likeness (QED) is 0.509. The molecule has 0 heterocycles. The molecule has 1 aliphatic rings. The highest BCUT2D eigenvalue weighted by Crippen LogP contribution is 2.44. The van der Waals surface area contributed by atoms with Crippen molar-refractivity contribution < 1.29 is 37.4 Å². The van der Waals surface area contributed by atoms with E-state index >= 15 is 0 Å². The molecule has 2 aromatic rings. The molecule has 0 radical (unpaired) electrons. The first-order valence-corrected chi connectivity index (χ1v) is 11.1. The van der Waals surface area contributed by atoms with E-state index < -0.39 is 48.1 Å². The Bertz CT molecular complexity index is 1070. The number of benzene rings is 2. The Morgan fingerprint density at radius 2 is 1.51 bits per heavy atom. The van der Waals surface area contributed by atoms with Crippen LogP contribution in [0.3, 0.4) is 0 Å². The fourth-order valence-electron chi connectivity index (χ4n) is 4.08. The van der Waals surface area contributed by atoms with Crippen molar-refractivity contribution in [2.45, 2.75) is 38.4 Å². The van der Waals surface area contributed by atoms with E-state index in [0.717, 1.165) is 22.3 Å². The van der Waals surface area contributed by atoms with Crippen molar-refractivity contribution >= 4 is 18.0 Å². The van der Waals surface area contributed by atoms with Gasteiger partial charge in [-0.2, -0.15) is 13.2 Å². The standard InChI is InChI=1S/C25H27F3N2O5/c1-14(2)19(21(31)32)12-29-22(33)24(3,25(26,27)28)30-23(34)35-13-20-17-10-6-4-8-15(17)16-9-5-7-11-18(16)20/h4-11,14,19-20H,12-13H2,1-3H3,(H,29,33)(H,30,34)(H,31,32). The lowest BCUT2D eigenvalue weighted by Gasteiger charge is -2.32. The molecule has 35 heavy (non-hydrogen) atoms. The van der Waals surface area contributed by atoms with Gasteiger partial charge in [-0.05, 0) is 35.1 Å². The number of nitrogens with one attached hydrogen (secondary N) is 2. The maximum atomic E-state index is 13.8. The Morgan fingerprint density at radius 1 is 1.00 bits per heavy atom. The number of rotatable bonds is 8. The maximum Gasteiger partial charge on any atom is 0.420 e. The monoisotopic (exact) mass is 492 g/mol. The van der Waals surface area contributed by atoms with Crippen molar-refractivity contribution in [3.05, 3.63) is 59.7 Å². The number of carboxylic acid groups (broad SMARTS) is 1. The van der Waals surface area contributed by atoms with E-state index in [9.17, 15) is 32.7 Å². The molecule has 0 spiro atoms. The summed E-state index contributed by atoms with van der Waals surface area (Å²) in [7, 11) is 0. The third-order valence-corrected chi connectivity index (χ3v) is 6.32. The third-order valence-electron chi connectivity index (χ3n) is 6.32. The summed E-state index contributed by atoms with van der Waals surface area (Å²) < 4.78 is 46.7. The molecule has 0 aromatic heterocycles. The van der Waals surface area contributed by atoms with Gasteiger partial charge in [0.05, 0.1) is 5.92 Å². The van der Waals surface area contributed by atoms with Gasteiger partial charge in [-0.1, -0.05) is 62.4 Å². The van der Waals surface area contributed by atoms with Crippen molar-refractivity contribution in [3.63, 3.8) is 0 Å². The van der Waals surface area contributed by atoms with E-state index in [4.69, 9.17) is 4.74 Å². The summed E-state index contributed by atoms with van der Waals surface area (Å²) in [6.07, 6.45) is -6.58. The highest BCUT2D eigenvalue weighted by atomic mass is 19.4. The van der Waals surface area contributed by atoms with E-state index in [2.05, 4.69) is 0 Å². The Kier molecular flexibility index (Phi) is 7.42. The predicted octanol–water partition coefficient (Wildman–Crippen LogP) is 4.32. The molecule has 7 nitrogen and oxygen atoms in total. The van der Waals surface area contributed by atoms with Crippen molar-refractivity contribution in [1.82, 2.24) is 10.6 Å². The number of halogens is 3. The minimum atomic E-state index is -5.17. The number of aliphatic carboxylic acids is 1. The normalized spacial score (nSPS) is 15.5. The lowest BCUT2D eigenvalue weighted by Crippen LogP contribution is -2.65. The number of hydrogen-bond donors (Lipinski definition) is 3. The zero-order valence-corrected chi connectivity index (χ0v) is 19.5. The summed E-state index contributed by atoms with van der Waals surface area (Å²) in [6.45, 7) is 2.90. The van der Waals surface area contributed by atoms with Crippen LogP contribution in [0.5, 0.6) is 0 Å². The van der Waals surface area contributed by atoms with Crippen LogP contribution in [0.15, 0.2) is 48.5 Å². The second-order valence-corrected chi connectivity index (χ2v) is 8.97. The van der Waals surface area contributed by atoms with Crippen LogP contribution in [0.1, 0.15) is 37.8 Å². The molecule has 2 atom stereocenters. The Balaban J connectivity index is 1.72. The van der Waals surface area contributed by atoms with Gasteiger partial charge >= 0.3 is 18.2 Å². The largest absolute Gasteiger partial charge is 0.481 e. The number of alkyl halides is 3. The molecule has 3 N–H and O–H groups in total. The fraction of sp³-hybridized carbons (Fsp3) is 0.400. The molecule has 0 saturated carbocycles. The summed E-state index contributed by atoms with van der Waals surface area (Å²) in [4.78, 5) is 36.2. The van der Waals surface area contributed by atoms with Crippen LogP contribution in [-0.2, 0) is 14.3 Å². The molecule has 2 aromatic carbocycles. The smallest absolute Gasteiger partial charge is 0.420 e. The molecule has 2 unspecified atom stereocenters. The van der Waals surface area contributed by atoms with Crippen LogP contribution >= 0.6 is 0 Å². The van der Waals surface area contributed by atoms with Crippen LogP contribution in [0.4, 0.5) is 18.0 Å². The number of hydrogen-bond acceptors (Lipinski definition) is 4. The van der Waals surface area contributed by atoms with E-state index in [1.54, 1.807) is 19.2 Å². The van der Waals surface area contributed by atoms with Gasteiger partial charge < -0.3 is 15.2 Å². The van der Waals surface area contributed by atoms with E-state index in [1.807, 2.05) is 53.8 Å². The number of amides is 2. The van der Waals surface area contributed by atoms with Gasteiger partial charge in [0.25, 0.3) is 5.91 Å². The molecule has 0 bridgehead atoms. The SMILES string of the molecule is CC(C)C(CNC(=O)C(C)(NC(=O)OCC1c2ccccc2-c2ccccc21)C(F)(F)F)C(=O)O. The van der Waals surface area contributed by atoms with Crippen molar-refractivity contribution in [2.24, 2.45) is 11.8 Å². The molecular formula is C25H27F3N2O5. The predicted molar refractivity (Wildman–Crippen MR) is 122 cm³/mol. The molecule has 3 rings (SSSR count). The second-order valence-electron chi connectivity index (χ2n) is 8.97. The Labute approximate surface area is 200 Å². The summed E-state index contributed by atoms with van der Waals surface area (Å²) in [5.74, 6) is -4.73. The highest BCUT2D eigenvalue weighted by molar-refractivity contribution is 5.91. The zero-order valence-electron chi connectivity index (χ0n) is 19.5. The minimum Gasteiger partial charge on any atom is -0.481 e. The van der Waals surface area contributed by atoms with Crippen LogP contribution in [0, 0.1) is 11.8 Å². The lowest BCUT2D eigenvalue weighted by molar-refractivity contribution is -0.194. The summed E-state index contributed by atoms with van der Waals surface area (Å²) in [5.41, 5.74) is 0.345. The average molecular weight is 492 g/mol. The lowest BCUT2D eigenvalue weighted by atomic mass is 9.95. The second kappa shape index (κ2) is 9.97. The Morgan fingerprint density at radius 3 is 1.97 bits per heavy atom. The van der Waals surface area contributed by atoms with Gasteiger partial charge in [0.1, 0.15) is 6.61 Å². The molecule has 0 fully saturated rings. The van der Waals surface area contributed by atoms with Gasteiger partial charge in [0.2, 0.25) is 5.54 Å². The first-order valence-electron chi connectivity index (χ1n) is 11.1. The zero-order chi connectivity index (χ0) is 26.0. The van der Waals surface area contributed by atoms with Gasteiger partial charge in [-0.15, -0.1) is 0 Å². The number of carboxylic acids is 1. The molecule has 0 saturated heterocycles. The van der Waals surface area contributed by atoms with Crippen LogP contribution in [-0.4, -0.2) is 47.9 Å². The summed E-state index contributed by atoms with van der Waals surface area (Å²) in [5, 5.41) is 12.9. The summed E-state index contributed by atoms with van der Waals surface area (Å²) in [6, 6.07) is 14.9. The first-order chi connectivity index (χ1) is 16.4. The van der Waals surface area contributed by atoms with E-state index in [0.29, 0.717) is 6.92 Å². The molecule has 1 aliphatic carbocycles. The van der Waals surface area contributed by atoms with Crippen LogP contribution in [0.25, 0.3) is 11.1 Å². The number of fused-ring (bicyclic) bond motifs is 3.